The minimum absolute atomic E-state index is 0.222. The van der Waals surface area contributed by atoms with E-state index in [1.54, 1.807) is 19.1 Å². The number of rotatable bonds is 7. The highest BCUT2D eigenvalue weighted by Gasteiger charge is 2.34. The van der Waals surface area contributed by atoms with Crippen molar-refractivity contribution >= 4 is 24.4 Å². The lowest BCUT2D eigenvalue weighted by atomic mass is 9.78. The standard InChI is InChI=1S/C23H35BN2O4/c1-9-11-16(4)17(5)21(27)25-26(20(10-2)23(6,7)8)22(28)18-12-15(3)13-19(14-18)24(29)30/h11-14,20,29-30H,5,9-10H2,1-4,6-8H3,(H,25,27). The van der Waals surface area contributed by atoms with Gasteiger partial charge in [0.05, 0.1) is 6.04 Å². The summed E-state index contributed by atoms with van der Waals surface area (Å²) >= 11 is 0. The molecule has 1 atom stereocenters. The molecule has 0 aliphatic carbocycles. The minimum Gasteiger partial charge on any atom is -0.423 e. The number of nitrogens with zero attached hydrogens (tertiary/aromatic N) is 1. The second kappa shape index (κ2) is 10.6. The molecule has 0 aromatic heterocycles. The lowest BCUT2D eigenvalue weighted by Gasteiger charge is -2.39. The second-order valence-corrected chi connectivity index (χ2v) is 8.69. The number of nitrogens with one attached hydrogen (secondary N) is 1. The molecule has 2 amide bonds. The van der Waals surface area contributed by atoms with E-state index < -0.39 is 18.9 Å². The number of benzene rings is 1. The molecule has 3 N–H and O–H groups in total. The van der Waals surface area contributed by atoms with Gasteiger partial charge in [0.2, 0.25) is 0 Å². The molecule has 6 nitrogen and oxygen atoms in total. The number of hydrogen-bond acceptors (Lipinski definition) is 4. The van der Waals surface area contributed by atoms with Crippen LogP contribution < -0.4 is 10.9 Å². The van der Waals surface area contributed by atoms with Gasteiger partial charge in [0.25, 0.3) is 11.8 Å². The molecule has 0 bridgehead atoms. The fourth-order valence-corrected chi connectivity index (χ4v) is 3.46. The van der Waals surface area contributed by atoms with E-state index in [-0.39, 0.29) is 22.5 Å². The van der Waals surface area contributed by atoms with Gasteiger partial charge in [-0.3, -0.25) is 15.0 Å². The van der Waals surface area contributed by atoms with Gasteiger partial charge in [-0.25, -0.2) is 5.01 Å². The largest absolute Gasteiger partial charge is 0.488 e. The van der Waals surface area contributed by atoms with Crippen LogP contribution in [0, 0.1) is 12.3 Å². The molecule has 0 radical (unpaired) electrons. The van der Waals surface area contributed by atoms with E-state index in [1.165, 1.54) is 11.1 Å². The zero-order valence-electron chi connectivity index (χ0n) is 19.2. The Labute approximate surface area is 180 Å². The van der Waals surface area contributed by atoms with Crippen molar-refractivity contribution in [1.29, 1.82) is 0 Å². The molecule has 7 heteroatoms. The monoisotopic (exact) mass is 414 g/mol. The van der Waals surface area contributed by atoms with Crippen molar-refractivity contribution in [1.82, 2.24) is 10.4 Å². The summed E-state index contributed by atoms with van der Waals surface area (Å²) in [7, 11) is -1.69. The highest BCUT2D eigenvalue weighted by molar-refractivity contribution is 6.58. The van der Waals surface area contributed by atoms with Crippen LogP contribution in [0.5, 0.6) is 0 Å². The maximum atomic E-state index is 13.5. The summed E-state index contributed by atoms with van der Waals surface area (Å²) in [4.78, 5) is 26.3. The molecule has 0 saturated heterocycles. The fraction of sp³-hybridized carbons (Fsp3) is 0.478. The highest BCUT2D eigenvalue weighted by atomic mass is 16.4. The van der Waals surface area contributed by atoms with Gasteiger partial charge in [-0.2, -0.15) is 0 Å². The van der Waals surface area contributed by atoms with E-state index in [4.69, 9.17) is 0 Å². The zero-order valence-corrected chi connectivity index (χ0v) is 19.2. The summed E-state index contributed by atoms with van der Waals surface area (Å²) < 4.78 is 0. The smallest absolute Gasteiger partial charge is 0.423 e. The van der Waals surface area contributed by atoms with Gasteiger partial charge in [0, 0.05) is 11.1 Å². The Hall–Kier alpha value is -2.38. The maximum absolute atomic E-state index is 13.5. The predicted molar refractivity (Wildman–Crippen MR) is 122 cm³/mol. The Morgan fingerprint density at radius 3 is 2.30 bits per heavy atom. The molecule has 0 aliphatic rings. The summed E-state index contributed by atoms with van der Waals surface area (Å²) in [5.74, 6) is -0.857. The van der Waals surface area contributed by atoms with Crippen molar-refractivity contribution in [3.05, 3.63) is 53.1 Å². The van der Waals surface area contributed by atoms with Crippen LogP contribution in [0.4, 0.5) is 0 Å². The van der Waals surface area contributed by atoms with Crippen LogP contribution in [0.2, 0.25) is 0 Å². The Morgan fingerprint density at radius 1 is 1.23 bits per heavy atom. The molecule has 1 aromatic rings. The number of amides is 2. The number of allylic oxidation sites excluding steroid dienone is 1. The molecular formula is C23H35BN2O4. The van der Waals surface area contributed by atoms with Gasteiger partial charge in [0.15, 0.2) is 0 Å². The molecule has 0 aliphatic heterocycles. The topological polar surface area (TPSA) is 89.9 Å². The summed E-state index contributed by atoms with van der Waals surface area (Å²) in [6.07, 6.45) is 3.30. The van der Waals surface area contributed by atoms with Gasteiger partial charge < -0.3 is 10.0 Å². The van der Waals surface area contributed by atoms with Crippen molar-refractivity contribution in [3.63, 3.8) is 0 Å². The van der Waals surface area contributed by atoms with Crippen LogP contribution in [0.25, 0.3) is 0 Å². The maximum Gasteiger partial charge on any atom is 0.488 e. The molecule has 30 heavy (non-hydrogen) atoms. The van der Waals surface area contributed by atoms with Gasteiger partial charge in [-0.05, 0) is 55.3 Å². The minimum atomic E-state index is -1.69. The third-order valence-electron chi connectivity index (χ3n) is 5.04. The molecule has 0 saturated carbocycles. The molecule has 0 heterocycles. The van der Waals surface area contributed by atoms with Crippen LogP contribution >= 0.6 is 0 Å². The second-order valence-electron chi connectivity index (χ2n) is 8.69. The van der Waals surface area contributed by atoms with Crippen LogP contribution in [-0.2, 0) is 4.79 Å². The molecule has 1 aromatic carbocycles. The first-order valence-corrected chi connectivity index (χ1v) is 10.3. The van der Waals surface area contributed by atoms with E-state index in [1.807, 2.05) is 47.6 Å². The molecule has 164 valence electrons. The molecule has 0 fully saturated rings. The third kappa shape index (κ3) is 6.57. The Kier molecular flexibility index (Phi) is 9.06. The van der Waals surface area contributed by atoms with Crippen molar-refractivity contribution < 1.29 is 19.6 Å². The first-order valence-electron chi connectivity index (χ1n) is 10.3. The molecule has 1 rings (SSSR count). The molecule has 0 spiro atoms. The van der Waals surface area contributed by atoms with Gasteiger partial charge in [0.1, 0.15) is 0 Å². The average molecular weight is 414 g/mol. The number of aryl methyl sites for hydroxylation is 1. The Morgan fingerprint density at radius 2 is 1.83 bits per heavy atom. The van der Waals surface area contributed by atoms with Crippen LogP contribution in [0.3, 0.4) is 0 Å². The fourth-order valence-electron chi connectivity index (χ4n) is 3.46. The summed E-state index contributed by atoms with van der Waals surface area (Å²) in [6.45, 7) is 17.4. The Bertz CT molecular complexity index is 825. The summed E-state index contributed by atoms with van der Waals surface area (Å²) in [5.41, 5.74) is 4.71. The normalized spacial score (nSPS) is 12.9. The lowest BCUT2D eigenvalue weighted by Crippen LogP contribution is -2.56. The van der Waals surface area contributed by atoms with Crippen LogP contribution in [-0.4, -0.2) is 40.0 Å². The van der Waals surface area contributed by atoms with Crippen LogP contribution in [0.15, 0.2) is 42.0 Å². The molecule has 1 unspecified atom stereocenters. The Balaban J connectivity index is 3.41. The van der Waals surface area contributed by atoms with E-state index in [9.17, 15) is 19.6 Å². The number of carbonyl (C=O) groups excluding carboxylic acids is 2. The van der Waals surface area contributed by atoms with Crippen molar-refractivity contribution in [3.8, 4) is 0 Å². The first kappa shape index (κ1) is 25.7. The van der Waals surface area contributed by atoms with Crippen LogP contribution in [0.1, 0.15) is 70.3 Å². The first-order chi connectivity index (χ1) is 13.8. The van der Waals surface area contributed by atoms with Crippen molar-refractivity contribution in [2.45, 2.75) is 67.3 Å². The molecular weight excluding hydrogens is 379 g/mol. The number of carbonyl (C=O) groups is 2. The summed E-state index contributed by atoms with van der Waals surface area (Å²) in [6, 6.07) is 4.41. The van der Waals surface area contributed by atoms with Crippen molar-refractivity contribution in [2.24, 2.45) is 5.41 Å². The number of hydrogen-bond donors (Lipinski definition) is 3. The third-order valence-corrected chi connectivity index (χ3v) is 5.04. The van der Waals surface area contributed by atoms with Gasteiger partial charge >= 0.3 is 7.12 Å². The summed E-state index contributed by atoms with van der Waals surface area (Å²) in [5, 5.41) is 20.5. The predicted octanol–water partition coefficient (Wildman–Crippen LogP) is 2.89. The van der Waals surface area contributed by atoms with Gasteiger partial charge in [-0.1, -0.05) is 58.9 Å². The SMILES string of the molecule is C=C(C(=O)NN(C(=O)c1cc(C)cc(B(O)O)c1)C(CC)C(C)(C)C)C(C)=CCC. The lowest BCUT2D eigenvalue weighted by molar-refractivity contribution is -0.122. The number of hydrazine groups is 1. The van der Waals surface area contributed by atoms with Gasteiger partial charge in [-0.15, -0.1) is 0 Å². The average Bonchev–Trinajstić information content (AvgIpc) is 2.64. The zero-order chi connectivity index (χ0) is 23.2. The highest BCUT2D eigenvalue weighted by Crippen LogP contribution is 2.27. The van der Waals surface area contributed by atoms with E-state index >= 15 is 0 Å². The van der Waals surface area contributed by atoms with Crippen molar-refractivity contribution in [2.75, 3.05) is 0 Å². The quantitative estimate of drug-likeness (QED) is 0.277. The van der Waals surface area contributed by atoms with E-state index in [0.29, 0.717) is 17.6 Å². The van der Waals surface area contributed by atoms with E-state index in [2.05, 4.69) is 12.0 Å². The van der Waals surface area contributed by atoms with E-state index in [0.717, 1.165) is 12.0 Å².